The summed E-state index contributed by atoms with van der Waals surface area (Å²) in [4.78, 5) is 30.5. The molecule has 1 aliphatic heterocycles. The van der Waals surface area contributed by atoms with Gasteiger partial charge in [0.2, 0.25) is 5.91 Å². The molecule has 7 heteroatoms. The molecule has 0 saturated carbocycles. The van der Waals surface area contributed by atoms with Crippen LogP contribution >= 0.6 is 11.3 Å². The molecule has 0 atom stereocenters. The molecule has 2 heterocycles. The SMILES string of the molecule is COC(=O)c1ccc(NC(=O)C2CN(c3nc4ccccc4s3)C2)cc1. The van der Waals surface area contributed by atoms with Crippen LogP contribution in [0, 0.1) is 5.92 Å². The standard InChI is InChI=1S/C19H17N3O3S/c1-25-18(24)12-6-8-14(9-7-12)20-17(23)13-10-22(11-13)19-21-15-4-2-3-5-16(15)26-19/h2-9,13H,10-11H2,1H3,(H,20,23). The van der Waals surface area contributed by atoms with Crippen molar-refractivity contribution in [3.63, 3.8) is 0 Å². The van der Waals surface area contributed by atoms with Crippen molar-refractivity contribution in [2.24, 2.45) is 5.92 Å². The number of benzene rings is 2. The number of aromatic nitrogens is 1. The number of ether oxygens (including phenoxy) is 1. The number of anilines is 2. The van der Waals surface area contributed by atoms with E-state index in [1.54, 1.807) is 35.6 Å². The molecule has 0 aliphatic carbocycles. The third-order valence-corrected chi connectivity index (χ3v) is 5.48. The van der Waals surface area contributed by atoms with Crippen LogP contribution in [0.3, 0.4) is 0 Å². The first-order chi connectivity index (χ1) is 12.6. The van der Waals surface area contributed by atoms with E-state index in [2.05, 4.69) is 26.0 Å². The third-order valence-electron chi connectivity index (χ3n) is 4.38. The van der Waals surface area contributed by atoms with Gasteiger partial charge in [0.05, 0.1) is 28.8 Å². The summed E-state index contributed by atoms with van der Waals surface area (Å²) in [5.41, 5.74) is 2.11. The summed E-state index contributed by atoms with van der Waals surface area (Å²) < 4.78 is 5.81. The molecule has 0 radical (unpaired) electrons. The quantitative estimate of drug-likeness (QED) is 0.717. The van der Waals surface area contributed by atoms with Crippen LogP contribution in [0.15, 0.2) is 48.5 Å². The second-order valence-electron chi connectivity index (χ2n) is 6.12. The van der Waals surface area contributed by atoms with Gasteiger partial charge in [-0.3, -0.25) is 4.79 Å². The predicted octanol–water partition coefficient (Wildman–Crippen LogP) is 3.16. The topological polar surface area (TPSA) is 71.5 Å². The minimum absolute atomic E-state index is 0.0202. The number of carbonyl (C=O) groups excluding carboxylic acids is 2. The number of carbonyl (C=O) groups is 2. The van der Waals surface area contributed by atoms with E-state index in [1.807, 2.05) is 18.2 Å². The number of fused-ring (bicyclic) bond motifs is 1. The summed E-state index contributed by atoms with van der Waals surface area (Å²) in [5.74, 6) is -0.483. The van der Waals surface area contributed by atoms with Crippen molar-refractivity contribution >= 4 is 44.2 Å². The molecule has 1 fully saturated rings. The number of nitrogens with one attached hydrogen (secondary N) is 1. The van der Waals surface area contributed by atoms with Crippen LogP contribution in [-0.4, -0.2) is 37.1 Å². The molecule has 3 aromatic rings. The van der Waals surface area contributed by atoms with Crippen molar-refractivity contribution in [3.05, 3.63) is 54.1 Å². The Kier molecular flexibility index (Phi) is 4.30. The van der Waals surface area contributed by atoms with E-state index in [0.717, 1.165) is 15.3 Å². The van der Waals surface area contributed by atoms with E-state index < -0.39 is 5.97 Å². The molecule has 2 aromatic carbocycles. The molecule has 26 heavy (non-hydrogen) atoms. The first-order valence-electron chi connectivity index (χ1n) is 8.24. The summed E-state index contributed by atoms with van der Waals surface area (Å²) in [5, 5.41) is 3.85. The van der Waals surface area contributed by atoms with Crippen molar-refractivity contribution in [1.29, 1.82) is 0 Å². The molecule has 6 nitrogen and oxygen atoms in total. The molecule has 1 N–H and O–H groups in total. The van der Waals surface area contributed by atoms with E-state index in [4.69, 9.17) is 0 Å². The molecular formula is C19H17N3O3S. The number of esters is 1. The molecule has 0 bridgehead atoms. The smallest absolute Gasteiger partial charge is 0.337 e. The molecular weight excluding hydrogens is 350 g/mol. The van der Waals surface area contributed by atoms with E-state index in [0.29, 0.717) is 24.3 Å². The Morgan fingerprint density at radius 1 is 1.15 bits per heavy atom. The molecule has 1 aromatic heterocycles. The van der Waals surface area contributed by atoms with Crippen LogP contribution in [0.4, 0.5) is 10.8 Å². The lowest BCUT2D eigenvalue weighted by Crippen LogP contribution is -2.52. The fourth-order valence-corrected chi connectivity index (χ4v) is 3.83. The van der Waals surface area contributed by atoms with Crippen LogP contribution < -0.4 is 10.2 Å². The van der Waals surface area contributed by atoms with Gasteiger partial charge in [-0.1, -0.05) is 23.5 Å². The average Bonchev–Trinajstić information content (AvgIpc) is 3.03. The number of nitrogens with zero attached hydrogens (tertiary/aromatic N) is 2. The highest BCUT2D eigenvalue weighted by molar-refractivity contribution is 7.22. The van der Waals surface area contributed by atoms with Gasteiger partial charge in [0, 0.05) is 18.8 Å². The van der Waals surface area contributed by atoms with Crippen molar-refractivity contribution in [1.82, 2.24) is 4.98 Å². The number of methoxy groups -OCH3 is 1. The van der Waals surface area contributed by atoms with E-state index in [1.165, 1.54) is 7.11 Å². The highest BCUT2D eigenvalue weighted by Gasteiger charge is 2.34. The maximum absolute atomic E-state index is 12.4. The number of thiazole rings is 1. The number of hydrogen-bond acceptors (Lipinski definition) is 6. The first kappa shape index (κ1) is 16.5. The fraction of sp³-hybridized carbons (Fsp3) is 0.211. The normalized spacial score (nSPS) is 14.1. The van der Waals surface area contributed by atoms with E-state index in [-0.39, 0.29) is 11.8 Å². The van der Waals surface area contributed by atoms with Crippen molar-refractivity contribution in [3.8, 4) is 0 Å². The summed E-state index contributed by atoms with van der Waals surface area (Å²) in [7, 11) is 1.34. The molecule has 1 aliphatic rings. The minimum Gasteiger partial charge on any atom is -0.465 e. The van der Waals surface area contributed by atoms with Crippen LogP contribution in [0.2, 0.25) is 0 Å². The van der Waals surface area contributed by atoms with Gasteiger partial charge in [0.15, 0.2) is 5.13 Å². The number of amides is 1. The van der Waals surface area contributed by atoms with E-state index >= 15 is 0 Å². The van der Waals surface area contributed by atoms with Gasteiger partial charge in [0.25, 0.3) is 0 Å². The Bertz CT molecular complexity index is 929. The number of para-hydroxylation sites is 1. The molecule has 132 valence electrons. The van der Waals surface area contributed by atoms with Crippen LogP contribution in [-0.2, 0) is 9.53 Å². The zero-order valence-electron chi connectivity index (χ0n) is 14.1. The van der Waals surface area contributed by atoms with Gasteiger partial charge in [-0.25, -0.2) is 9.78 Å². The highest BCUT2D eigenvalue weighted by Crippen LogP contribution is 2.33. The predicted molar refractivity (Wildman–Crippen MR) is 102 cm³/mol. The number of rotatable bonds is 4. The van der Waals surface area contributed by atoms with Gasteiger partial charge in [0.1, 0.15) is 0 Å². The Labute approximate surface area is 154 Å². The molecule has 4 rings (SSSR count). The van der Waals surface area contributed by atoms with Crippen LogP contribution in [0.1, 0.15) is 10.4 Å². The van der Waals surface area contributed by atoms with Crippen molar-refractivity contribution in [2.45, 2.75) is 0 Å². The monoisotopic (exact) mass is 367 g/mol. The van der Waals surface area contributed by atoms with Gasteiger partial charge in [-0.05, 0) is 36.4 Å². The van der Waals surface area contributed by atoms with Crippen LogP contribution in [0.5, 0.6) is 0 Å². The van der Waals surface area contributed by atoms with Gasteiger partial charge in [-0.2, -0.15) is 0 Å². The van der Waals surface area contributed by atoms with Gasteiger partial charge < -0.3 is 15.0 Å². The summed E-state index contributed by atoms with van der Waals surface area (Å²) in [6, 6.07) is 14.7. The average molecular weight is 367 g/mol. The number of hydrogen-bond donors (Lipinski definition) is 1. The first-order valence-corrected chi connectivity index (χ1v) is 9.05. The lowest BCUT2D eigenvalue weighted by atomic mass is 10.00. The van der Waals surface area contributed by atoms with Crippen molar-refractivity contribution in [2.75, 3.05) is 30.4 Å². The third kappa shape index (κ3) is 3.13. The summed E-state index contributed by atoms with van der Waals surface area (Å²) >= 11 is 1.64. The Balaban J connectivity index is 1.35. The minimum atomic E-state index is -0.395. The van der Waals surface area contributed by atoms with Gasteiger partial charge in [-0.15, -0.1) is 0 Å². The maximum atomic E-state index is 12.4. The Morgan fingerprint density at radius 2 is 1.88 bits per heavy atom. The molecule has 0 spiro atoms. The fourth-order valence-electron chi connectivity index (χ4n) is 2.85. The highest BCUT2D eigenvalue weighted by atomic mass is 32.1. The Morgan fingerprint density at radius 3 is 2.58 bits per heavy atom. The zero-order chi connectivity index (χ0) is 18.1. The van der Waals surface area contributed by atoms with Crippen molar-refractivity contribution < 1.29 is 14.3 Å². The van der Waals surface area contributed by atoms with E-state index in [9.17, 15) is 9.59 Å². The zero-order valence-corrected chi connectivity index (χ0v) is 15.0. The van der Waals surface area contributed by atoms with Gasteiger partial charge >= 0.3 is 5.97 Å². The second kappa shape index (κ2) is 6.76. The lowest BCUT2D eigenvalue weighted by molar-refractivity contribution is -0.120. The van der Waals surface area contributed by atoms with Crippen LogP contribution in [0.25, 0.3) is 10.2 Å². The molecule has 0 unspecified atom stereocenters. The lowest BCUT2D eigenvalue weighted by Gasteiger charge is -2.37. The maximum Gasteiger partial charge on any atom is 0.337 e. The molecule has 1 saturated heterocycles. The summed E-state index contributed by atoms with van der Waals surface area (Å²) in [6.45, 7) is 1.32. The second-order valence-corrected chi connectivity index (χ2v) is 7.13. The summed E-state index contributed by atoms with van der Waals surface area (Å²) in [6.07, 6.45) is 0. The Hall–Kier alpha value is -2.93. The largest absolute Gasteiger partial charge is 0.465 e. The molecule has 1 amide bonds.